The molecule has 1 amide bonds. The first-order valence-electron chi connectivity index (χ1n) is 11.9. The fraction of sp³-hybridized carbons (Fsp3) is 0.407. The minimum atomic E-state index is 0.0884. The number of hydrogen-bond acceptors (Lipinski definition) is 4. The predicted molar refractivity (Wildman–Crippen MR) is 133 cm³/mol. The maximum Gasteiger partial charge on any atom is 0.246 e. The van der Waals surface area contributed by atoms with Crippen LogP contribution in [0.15, 0.2) is 60.7 Å². The average Bonchev–Trinajstić information content (AvgIpc) is 3.39. The average molecular weight is 446 g/mol. The van der Waals surface area contributed by atoms with E-state index in [9.17, 15) is 4.79 Å². The molecule has 0 bridgehead atoms. The van der Waals surface area contributed by atoms with Gasteiger partial charge in [-0.2, -0.15) is 5.21 Å². The molecule has 0 aliphatic rings. The molecule has 3 rings (SSSR count). The number of allylic oxidation sites excluding steroid dienone is 1. The Bertz CT molecular complexity index is 1030. The van der Waals surface area contributed by atoms with Gasteiger partial charge in [0.2, 0.25) is 11.7 Å². The van der Waals surface area contributed by atoms with Crippen LogP contribution in [-0.4, -0.2) is 37.5 Å². The van der Waals surface area contributed by atoms with Crippen molar-refractivity contribution in [3.8, 4) is 22.5 Å². The number of tetrazole rings is 1. The molecule has 1 N–H and O–H groups in total. The van der Waals surface area contributed by atoms with Crippen molar-refractivity contribution < 1.29 is 4.79 Å². The van der Waals surface area contributed by atoms with Crippen LogP contribution < -0.4 is 0 Å². The lowest BCUT2D eigenvalue weighted by molar-refractivity contribution is -0.129. The zero-order valence-corrected chi connectivity index (χ0v) is 20.2. The summed E-state index contributed by atoms with van der Waals surface area (Å²) in [4.78, 5) is 15.1. The predicted octanol–water partition coefficient (Wildman–Crippen LogP) is 6.04. The molecular formula is C27H35N5O. The van der Waals surface area contributed by atoms with Crippen molar-refractivity contribution in [2.75, 3.05) is 0 Å². The largest absolute Gasteiger partial charge is 0.332 e. The Morgan fingerprint density at radius 1 is 1.06 bits per heavy atom. The number of carbonyl (C=O) groups is 1. The van der Waals surface area contributed by atoms with Gasteiger partial charge in [0.05, 0.1) is 0 Å². The maximum absolute atomic E-state index is 13.1. The summed E-state index contributed by atoms with van der Waals surface area (Å²) < 4.78 is 0. The van der Waals surface area contributed by atoms with E-state index in [4.69, 9.17) is 0 Å². The number of amides is 1. The highest BCUT2D eigenvalue weighted by atomic mass is 16.2. The molecule has 1 heterocycles. The topological polar surface area (TPSA) is 74.8 Å². The van der Waals surface area contributed by atoms with Gasteiger partial charge in [0.1, 0.15) is 0 Å². The lowest BCUT2D eigenvalue weighted by Crippen LogP contribution is -2.40. The normalized spacial score (nSPS) is 13.2. The Hall–Kier alpha value is -3.28. The fourth-order valence-corrected chi connectivity index (χ4v) is 3.86. The number of hydrogen-bond donors (Lipinski definition) is 1. The van der Waals surface area contributed by atoms with E-state index in [1.807, 2.05) is 29.2 Å². The van der Waals surface area contributed by atoms with Crippen LogP contribution in [0.1, 0.15) is 58.9 Å². The smallest absolute Gasteiger partial charge is 0.246 e. The van der Waals surface area contributed by atoms with Crippen molar-refractivity contribution in [2.45, 2.75) is 66.0 Å². The van der Waals surface area contributed by atoms with Gasteiger partial charge in [-0.05, 0) is 47.2 Å². The van der Waals surface area contributed by atoms with Crippen LogP contribution in [0.5, 0.6) is 0 Å². The highest BCUT2D eigenvalue weighted by molar-refractivity contribution is 5.88. The zero-order chi connectivity index (χ0) is 23.6. The number of unbranched alkanes of at least 4 members (excludes halogenated alkanes) is 2. The van der Waals surface area contributed by atoms with Gasteiger partial charge in [-0.1, -0.05) is 94.6 Å². The molecule has 0 fully saturated rings. The number of aromatic amines is 1. The van der Waals surface area contributed by atoms with Crippen molar-refractivity contribution in [2.24, 2.45) is 5.92 Å². The Morgan fingerprint density at radius 2 is 1.79 bits per heavy atom. The zero-order valence-electron chi connectivity index (χ0n) is 20.2. The van der Waals surface area contributed by atoms with Gasteiger partial charge in [0.15, 0.2) is 0 Å². The second-order valence-electron chi connectivity index (χ2n) is 8.61. The van der Waals surface area contributed by atoms with Crippen molar-refractivity contribution >= 4 is 5.91 Å². The van der Waals surface area contributed by atoms with Crippen LogP contribution in [0.2, 0.25) is 0 Å². The van der Waals surface area contributed by atoms with E-state index in [1.165, 1.54) is 0 Å². The highest BCUT2D eigenvalue weighted by Gasteiger charge is 2.22. The number of nitrogens with one attached hydrogen (secondary N) is 1. The Kier molecular flexibility index (Phi) is 8.93. The molecule has 2 aromatic carbocycles. The third-order valence-corrected chi connectivity index (χ3v) is 6.36. The van der Waals surface area contributed by atoms with Crippen LogP contribution in [0.3, 0.4) is 0 Å². The molecule has 0 aliphatic heterocycles. The second-order valence-corrected chi connectivity index (χ2v) is 8.61. The van der Waals surface area contributed by atoms with Crippen molar-refractivity contribution in [1.29, 1.82) is 0 Å². The number of rotatable bonds is 11. The quantitative estimate of drug-likeness (QED) is 0.288. The van der Waals surface area contributed by atoms with Gasteiger partial charge in [-0.25, -0.2) is 0 Å². The third kappa shape index (κ3) is 6.37. The van der Waals surface area contributed by atoms with E-state index in [0.29, 0.717) is 18.3 Å². The minimum Gasteiger partial charge on any atom is -0.332 e. The molecule has 0 saturated heterocycles. The van der Waals surface area contributed by atoms with Crippen LogP contribution in [0.25, 0.3) is 22.5 Å². The molecule has 0 saturated carbocycles. The van der Waals surface area contributed by atoms with Crippen LogP contribution in [0, 0.1) is 5.92 Å². The molecule has 1 aromatic heterocycles. The van der Waals surface area contributed by atoms with Gasteiger partial charge in [-0.3, -0.25) is 4.79 Å². The summed E-state index contributed by atoms with van der Waals surface area (Å²) in [6.45, 7) is 9.30. The number of benzene rings is 2. The van der Waals surface area contributed by atoms with Gasteiger partial charge in [0.25, 0.3) is 0 Å². The van der Waals surface area contributed by atoms with E-state index in [0.717, 1.165) is 47.9 Å². The number of nitrogens with zero attached hydrogens (tertiary/aromatic N) is 4. The molecule has 33 heavy (non-hydrogen) atoms. The first kappa shape index (κ1) is 24.4. The summed E-state index contributed by atoms with van der Waals surface area (Å²) in [6.07, 6.45) is 7.99. The fourth-order valence-electron chi connectivity index (χ4n) is 3.86. The molecule has 174 valence electrons. The summed E-state index contributed by atoms with van der Waals surface area (Å²) in [5.74, 6) is 1.09. The molecule has 0 radical (unpaired) electrons. The van der Waals surface area contributed by atoms with Crippen molar-refractivity contribution in [3.63, 3.8) is 0 Å². The second kappa shape index (κ2) is 12.1. The number of carbonyl (C=O) groups excluding carboxylic acids is 1. The molecule has 3 aromatic rings. The van der Waals surface area contributed by atoms with E-state index in [-0.39, 0.29) is 11.9 Å². The maximum atomic E-state index is 13.1. The van der Waals surface area contributed by atoms with Crippen molar-refractivity contribution in [3.05, 3.63) is 66.2 Å². The van der Waals surface area contributed by atoms with Crippen LogP contribution in [0.4, 0.5) is 0 Å². The third-order valence-electron chi connectivity index (χ3n) is 6.36. The summed E-state index contributed by atoms with van der Waals surface area (Å²) in [5, 5.41) is 14.5. The first-order chi connectivity index (χ1) is 16.0. The minimum absolute atomic E-state index is 0.0884. The molecule has 0 spiro atoms. The van der Waals surface area contributed by atoms with E-state index in [2.05, 4.69) is 78.7 Å². The van der Waals surface area contributed by atoms with Gasteiger partial charge in [-0.15, -0.1) is 10.2 Å². The SMILES string of the molecule is CCCC/C=C/C(=O)N(Cc1ccc(-c2ccccc2-c2nn[nH]n2)cc1)C(C)C(C)CC. The molecule has 6 heteroatoms. The summed E-state index contributed by atoms with van der Waals surface area (Å²) >= 11 is 0. The van der Waals surface area contributed by atoms with Crippen LogP contribution >= 0.6 is 0 Å². The molecule has 0 aliphatic carbocycles. The monoisotopic (exact) mass is 445 g/mol. The lowest BCUT2D eigenvalue weighted by atomic mass is 9.97. The Morgan fingerprint density at radius 3 is 2.42 bits per heavy atom. The summed E-state index contributed by atoms with van der Waals surface area (Å²) in [5.41, 5.74) is 4.16. The summed E-state index contributed by atoms with van der Waals surface area (Å²) in [6, 6.07) is 16.6. The van der Waals surface area contributed by atoms with E-state index >= 15 is 0 Å². The van der Waals surface area contributed by atoms with Crippen molar-refractivity contribution in [1.82, 2.24) is 25.5 Å². The standard InChI is InChI=1S/C27H35N5O/c1-5-7-8-9-14-26(33)32(21(4)20(3)6-2)19-22-15-17-23(18-16-22)24-12-10-11-13-25(24)27-28-30-31-29-27/h9-18,20-21H,5-8,19H2,1-4H3,(H,28,29,30,31)/b14-9+. The molecular weight excluding hydrogens is 410 g/mol. The molecule has 2 unspecified atom stereocenters. The lowest BCUT2D eigenvalue weighted by Gasteiger charge is -2.32. The number of aromatic nitrogens is 4. The first-order valence-corrected chi connectivity index (χ1v) is 11.9. The van der Waals surface area contributed by atoms with Gasteiger partial charge in [0, 0.05) is 18.2 Å². The number of H-pyrrole nitrogens is 1. The van der Waals surface area contributed by atoms with E-state index < -0.39 is 0 Å². The van der Waals surface area contributed by atoms with Crippen LogP contribution in [-0.2, 0) is 11.3 Å². The Balaban J connectivity index is 1.81. The molecule has 2 atom stereocenters. The highest BCUT2D eigenvalue weighted by Crippen LogP contribution is 2.30. The summed E-state index contributed by atoms with van der Waals surface area (Å²) in [7, 11) is 0. The van der Waals surface area contributed by atoms with Gasteiger partial charge >= 0.3 is 0 Å². The van der Waals surface area contributed by atoms with Gasteiger partial charge < -0.3 is 4.90 Å². The Labute approximate surface area is 197 Å². The van der Waals surface area contributed by atoms with E-state index in [1.54, 1.807) is 6.08 Å². The molecule has 6 nitrogen and oxygen atoms in total.